The number of hydrogen-bond acceptors (Lipinski definition) is 4. The van der Waals surface area contributed by atoms with E-state index in [9.17, 15) is 13.2 Å². The summed E-state index contributed by atoms with van der Waals surface area (Å²) in [6.07, 6.45) is 0.385. The smallest absolute Gasteiger partial charge is 0.240 e. The van der Waals surface area contributed by atoms with E-state index in [2.05, 4.69) is 25.7 Å². The Bertz CT molecular complexity index is 1040. The molecule has 0 fully saturated rings. The summed E-state index contributed by atoms with van der Waals surface area (Å²) in [7, 11) is -3.55. The minimum atomic E-state index is -3.55. The van der Waals surface area contributed by atoms with Crippen molar-refractivity contribution in [1.29, 1.82) is 0 Å². The fourth-order valence-corrected chi connectivity index (χ4v) is 4.41. The van der Waals surface area contributed by atoms with Crippen molar-refractivity contribution >= 4 is 27.6 Å². The van der Waals surface area contributed by atoms with Gasteiger partial charge in [-0.25, -0.2) is 13.1 Å². The van der Waals surface area contributed by atoms with Crippen molar-refractivity contribution in [3.63, 3.8) is 0 Å². The second kappa shape index (κ2) is 10.4. The molecule has 0 spiro atoms. The van der Waals surface area contributed by atoms with Gasteiger partial charge in [-0.15, -0.1) is 0 Å². The lowest BCUT2D eigenvalue weighted by molar-refractivity contribution is -0.116. The van der Waals surface area contributed by atoms with E-state index in [-0.39, 0.29) is 23.3 Å². The number of amides is 1. The van der Waals surface area contributed by atoms with Gasteiger partial charge in [-0.2, -0.15) is 0 Å². The average Bonchev–Trinajstić information content (AvgIpc) is 2.75. The summed E-state index contributed by atoms with van der Waals surface area (Å²) < 4.78 is 27.3. The zero-order valence-corrected chi connectivity index (χ0v) is 18.6. The van der Waals surface area contributed by atoms with E-state index in [0.29, 0.717) is 32.0 Å². The molecule has 3 rings (SSSR count). The van der Waals surface area contributed by atoms with Crippen molar-refractivity contribution in [1.82, 2.24) is 15.4 Å². The normalized spacial score (nSPS) is 16.4. The van der Waals surface area contributed by atoms with Gasteiger partial charge in [0, 0.05) is 37.7 Å². The second-order valence-corrected chi connectivity index (χ2v) is 9.16. The van der Waals surface area contributed by atoms with Gasteiger partial charge in [0.1, 0.15) is 0 Å². The number of aryl methyl sites for hydroxylation is 1. The van der Waals surface area contributed by atoms with Crippen molar-refractivity contribution < 1.29 is 13.2 Å². The summed E-state index contributed by atoms with van der Waals surface area (Å²) >= 11 is 0. The molecule has 0 radical (unpaired) electrons. The first-order valence-corrected chi connectivity index (χ1v) is 11.8. The first-order valence-electron chi connectivity index (χ1n) is 10.4. The highest BCUT2D eigenvalue weighted by Crippen LogP contribution is 2.31. The topological polar surface area (TPSA) is 112 Å². The predicted molar refractivity (Wildman–Crippen MR) is 123 cm³/mol. The Morgan fingerprint density at radius 1 is 1.10 bits per heavy atom. The Labute approximate surface area is 183 Å². The van der Waals surface area contributed by atoms with E-state index in [1.54, 1.807) is 24.3 Å². The van der Waals surface area contributed by atoms with E-state index >= 15 is 0 Å². The quantitative estimate of drug-likeness (QED) is 0.283. The van der Waals surface area contributed by atoms with Gasteiger partial charge >= 0.3 is 0 Å². The molecule has 0 bridgehead atoms. The summed E-state index contributed by atoms with van der Waals surface area (Å²) in [4.78, 5) is 16.8. The molecule has 2 aromatic rings. The maximum Gasteiger partial charge on any atom is 0.240 e. The number of guanidine groups is 1. The molecule has 9 heteroatoms. The number of hydrogen-bond donors (Lipinski definition) is 4. The molecule has 2 aromatic carbocycles. The van der Waals surface area contributed by atoms with E-state index in [4.69, 9.17) is 0 Å². The Morgan fingerprint density at radius 3 is 2.58 bits per heavy atom. The zero-order chi connectivity index (χ0) is 22.3. The number of anilines is 1. The van der Waals surface area contributed by atoms with Gasteiger partial charge in [0.05, 0.1) is 11.4 Å². The van der Waals surface area contributed by atoms with Crippen LogP contribution < -0.4 is 20.7 Å². The maximum atomic E-state index is 12.4. The first-order chi connectivity index (χ1) is 14.9. The van der Waals surface area contributed by atoms with Gasteiger partial charge in [0.2, 0.25) is 15.9 Å². The van der Waals surface area contributed by atoms with Gasteiger partial charge in [-0.05, 0) is 37.6 Å². The molecule has 166 valence electrons. The van der Waals surface area contributed by atoms with E-state index in [1.165, 1.54) is 0 Å². The summed E-state index contributed by atoms with van der Waals surface area (Å²) in [5.41, 5.74) is 2.92. The zero-order valence-electron chi connectivity index (χ0n) is 17.8. The van der Waals surface area contributed by atoms with Crippen LogP contribution in [0.4, 0.5) is 5.69 Å². The number of carbonyl (C=O) groups excluding carboxylic acids is 1. The van der Waals surface area contributed by atoms with Crippen LogP contribution in [0.15, 0.2) is 58.4 Å². The fraction of sp³-hybridized carbons (Fsp3) is 0.364. The summed E-state index contributed by atoms with van der Waals surface area (Å²) in [5.74, 6) is 0.573. The Kier molecular flexibility index (Phi) is 7.64. The van der Waals surface area contributed by atoms with E-state index in [1.807, 2.05) is 38.1 Å². The monoisotopic (exact) mass is 443 g/mol. The van der Waals surface area contributed by atoms with Crippen molar-refractivity contribution in [2.45, 2.75) is 31.1 Å². The van der Waals surface area contributed by atoms with E-state index in [0.717, 1.165) is 16.8 Å². The molecule has 1 aliphatic rings. The number of rotatable bonds is 8. The fourth-order valence-electron chi connectivity index (χ4n) is 3.38. The van der Waals surface area contributed by atoms with Crippen LogP contribution in [0.3, 0.4) is 0 Å². The third-order valence-corrected chi connectivity index (χ3v) is 6.44. The molecule has 0 saturated heterocycles. The van der Waals surface area contributed by atoms with Crippen LogP contribution in [0.25, 0.3) is 0 Å². The van der Waals surface area contributed by atoms with Crippen LogP contribution in [0, 0.1) is 6.92 Å². The third-order valence-electron chi connectivity index (χ3n) is 4.96. The highest BCUT2D eigenvalue weighted by atomic mass is 32.2. The largest absolute Gasteiger partial charge is 0.357 e. The first kappa shape index (κ1) is 22.8. The number of aliphatic imine (C=N–C) groups is 1. The molecule has 1 unspecified atom stereocenters. The van der Waals surface area contributed by atoms with Gasteiger partial charge in [0.25, 0.3) is 0 Å². The number of para-hydroxylation sites is 1. The summed E-state index contributed by atoms with van der Waals surface area (Å²) in [6.45, 7) is 5.58. The number of fused-ring (bicyclic) bond motifs is 1. The average molecular weight is 444 g/mol. The third kappa shape index (κ3) is 6.28. The van der Waals surface area contributed by atoms with Crippen LogP contribution in [-0.4, -0.2) is 46.5 Å². The number of benzene rings is 2. The molecule has 0 aliphatic carbocycles. The van der Waals surface area contributed by atoms with Gasteiger partial charge in [-0.3, -0.25) is 9.79 Å². The van der Waals surface area contributed by atoms with Crippen molar-refractivity contribution in [2.24, 2.45) is 4.99 Å². The second-order valence-electron chi connectivity index (χ2n) is 7.39. The molecule has 0 saturated carbocycles. The minimum absolute atomic E-state index is 0.000413. The highest BCUT2D eigenvalue weighted by molar-refractivity contribution is 7.89. The van der Waals surface area contributed by atoms with Gasteiger partial charge in [0.15, 0.2) is 5.96 Å². The summed E-state index contributed by atoms with van der Waals surface area (Å²) in [6, 6.07) is 14.5. The maximum absolute atomic E-state index is 12.4. The minimum Gasteiger partial charge on any atom is -0.357 e. The number of sulfonamides is 1. The van der Waals surface area contributed by atoms with E-state index < -0.39 is 10.0 Å². The van der Waals surface area contributed by atoms with Crippen LogP contribution in [-0.2, 0) is 14.8 Å². The van der Waals surface area contributed by atoms with Crippen LogP contribution in [0.2, 0.25) is 0 Å². The number of carbonyl (C=O) groups is 1. The van der Waals surface area contributed by atoms with Crippen LogP contribution in [0.5, 0.6) is 0 Å². The molecule has 31 heavy (non-hydrogen) atoms. The lowest BCUT2D eigenvalue weighted by Crippen LogP contribution is -2.41. The molecular weight excluding hydrogens is 414 g/mol. The lowest BCUT2D eigenvalue weighted by Gasteiger charge is -2.24. The van der Waals surface area contributed by atoms with Crippen LogP contribution >= 0.6 is 0 Å². The van der Waals surface area contributed by atoms with Crippen molar-refractivity contribution in [3.8, 4) is 0 Å². The molecular formula is C22H29N5O3S. The SMILES string of the molecule is CCNC(=NCC1CC(=O)Nc2ccccc21)NCCNS(=O)(=O)c1ccc(C)cc1. The lowest BCUT2D eigenvalue weighted by atomic mass is 9.91. The molecule has 4 N–H and O–H groups in total. The molecule has 1 amide bonds. The predicted octanol–water partition coefficient (Wildman–Crippen LogP) is 1.95. The summed E-state index contributed by atoms with van der Waals surface area (Å²) in [5, 5.41) is 9.19. The van der Waals surface area contributed by atoms with Crippen molar-refractivity contribution in [3.05, 3.63) is 59.7 Å². The van der Waals surface area contributed by atoms with Crippen molar-refractivity contribution in [2.75, 3.05) is 31.5 Å². The molecule has 1 aliphatic heterocycles. The Balaban J connectivity index is 1.56. The molecule has 1 atom stereocenters. The molecule has 8 nitrogen and oxygen atoms in total. The Hall–Kier alpha value is -2.91. The number of nitrogens with one attached hydrogen (secondary N) is 4. The standard InChI is InChI=1S/C22H29N5O3S/c1-3-23-22(24-12-13-26-31(29,30)18-10-8-16(2)9-11-18)25-15-17-14-21(28)27-20-7-5-4-6-19(17)20/h4-11,17,26H,3,12-15H2,1-2H3,(H,27,28)(H2,23,24,25). The van der Waals surface area contributed by atoms with Gasteiger partial charge < -0.3 is 16.0 Å². The molecule has 1 heterocycles. The highest BCUT2D eigenvalue weighted by Gasteiger charge is 2.24. The number of nitrogens with zero attached hydrogens (tertiary/aromatic N) is 1. The van der Waals surface area contributed by atoms with Gasteiger partial charge in [-0.1, -0.05) is 35.9 Å². The Morgan fingerprint density at radius 2 is 1.84 bits per heavy atom. The molecule has 0 aromatic heterocycles. The van der Waals surface area contributed by atoms with Crippen LogP contribution in [0.1, 0.15) is 30.4 Å².